The quantitative estimate of drug-likeness (QED) is 0.151. The number of rotatable bonds is 13. The third kappa shape index (κ3) is 9.35. The highest BCUT2D eigenvalue weighted by Gasteiger charge is 2.35. The molecule has 4 rings (SSSR count). The number of sulfonamides is 1. The molecule has 0 aliphatic rings. The fourth-order valence-corrected chi connectivity index (χ4v) is 7.01. The zero-order valence-corrected chi connectivity index (χ0v) is 29.7. The Kier molecular flexibility index (Phi) is 12.3. The highest BCUT2D eigenvalue weighted by Crippen LogP contribution is 2.30. The van der Waals surface area contributed by atoms with E-state index < -0.39 is 28.5 Å². The Morgan fingerprint density at radius 1 is 0.870 bits per heavy atom. The average Bonchev–Trinajstić information content (AvgIpc) is 3.02. The summed E-state index contributed by atoms with van der Waals surface area (Å²) in [6, 6.07) is 26.5. The number of carbonyl (C=O) groups is 2. The molecule has 46 heavy (non-hydrogen) atoms. The van der Waals surface area contributed by atoms with E-state index in [1.54, 1.807) is 12.1 Å². The van der Waals surface area contributed by atoms with Gasteiger partial charge in [0, 0.05) is 33.5 Å². The van der Waals surface area contributed by atoms with Crippen LogP contribution >= 0.6 is 39.1 Å². The molecule has 0 bridgehead atoms. The van der Waals surface area contributed by atoms with Crippen molar-refractivity contribution in [1.29, 1.82) is 0 Å². The van der Waals surface area contributed by atoms with Crippen molar-refractivity contribution in [3.63, 3.8) is 0 Å². The summed E-state index contributed by atoms with van der Waals surface area (Å²) in [5.41, 5.74) is 2.62. The van der Waals surface area contributed by atoms with Gasteiger partial charge in [0.1, 0.15) is 12.6 Å². The number of nitrogens with zero attached hydrogens (tertiary/aromatic N) is 2. The van der Waals surface area contributed by atoms with Gasteiger partial charge in [-0.05, 0) is 73.9 Å². The Labute approximate surface area is 289 Å². The van der Waals surface area contributed by atoms with Crippen LogP contribution in [0, 0.1) is 6.92 Å². The van der Waals surface area contributed by atoms with Crippen LogP contribution in [-0.2, 0) is 32.6 Å². The van der Waals surface area contributed by atoms with Gasteiger partial charge in [-0.3, -0.25) is 13.9 Å². The van der Waals surface area contributed by atoms with Gasteiger partial charge in [0.05, 0.1) is 10.6 Å². The average molecular weight is 746 g/mol. The molecule has 0 spiro atoms. The molecule has 11 heteroatoms. The van der Waals surface area contributed by atoms with E-state index >= 15 is 0 Å². The molecule has 0 radical (unpaired) electrons. The van der Waals surface area contributed by atoms with Crippen LogP contribution in [0.2, 0.25) is 10.0 Å². The SMILES string of the molecule is CC[C@@H](C)NC(=O)[C@H](Cc1ccccc1)N(Cc1ccc(Br)cc1)C(=O)CN(c1cc(Cl)cc(Cl)c1)S(=O)(=O)c1ccc(C)cc1. The molecule has 2 atom stereocenters. The van der Waals surface area contributed by atoms with Crippen molar-refractivity contribution in [1.82, 2.24) is 10.2 Å². The smallest absolute Gasteiger partial charge is 0.264 e. The Morgan fingerprint density at radius 2 is 1.48 bits per heavy atom. The predicted molar refractivity (Wildman–Crippen MR) is 189 cm³/mol. The number of hydrogen-bond donors (Lipinski definition) is 1. The molecule has 4 aromatic carbocycles. The van der Waals surface area contributed by atoms with E-state index in [0.717, 1.165) is 25.5 Å². The molecule has 0 heterocycles. The van der Waals surface area contributed by atoms with Crippen molar-refractivity contribution in [2.45, 2.75) is 57.1 Å². The van der Waals surface area contributed by atoms with Crippen molar-refractivity contribution < 1.29 is 18.0 Å². The van der Waals surface area contributed by atoms with Crippen LogP contribution < -0.4 is 9.62 Å². The van der Waals surface area contributed by atoms with Gasteiger partial charge in [0.15, 0.2) is 0 Å². The van der Waals surface area contributed by atoms with Crippen LogP contribution in [0.5, 0.6) is 0 Å². The minimum atomic E-state index is -4.28. The minimum Gasteiger partial charge on any atom is -0.352 e. The van der Waals surface area contributed by atoms with E-state index in [2.05, 4.69) is 21.2 Å². The number of carbonyl (C=O) groups excluding carboxylic acids is 2. The third-order valence-electron chi connectivity index (χ3n) is 7.56. The van der Waals surface area contributed by atoms with Crippen LogP contribution in [0.25, 0.3) is 0 Å². The summed E-state index contributed by atoms with van der Waals surface area (Å²) < 4.78 is 30.2. The lowest BCUT2D eigenvalue weighted by atomic mass is 10.0. The minimum absolute atomic E-state index is 0.00296. The van der Waals surface area contributed by atoms with Crippen LogP contribution in [0.1, 0.15) is 37.0 Å². The number of aryl methyl sites for hydroxylation is 1. The largest absolute Gasteiger partial charge is 0.352 e. The van der Waals surface area contributed by atoms with Gasteiger partial charge in [-0.25, -0.2) is 8.42 Å². The Morgan fingerprint density at radius 3 is 2.07 bits per heavy atom. The Bertz CT molecular complexity index is 1740. The van der Waals surface area contributed by atoms with E-state index in [0.29, 0.717) is 6.42 Å². The first-order chi connectivity index (χ1) is 21.9. The molecule has 0 saturated heterocycles. The molecule has 4 aromatic rings. The maximum absolute atomic E-state index is 14.6. The monoisotopic (exact) mass is 743 g/mol. The van der Waals surface area contributed by atoms with E-state index in [1.165, 1.54) is 35.2 Å². The molecule has 0 unspecified atom stereocenters. The first-order valence-corrected chi connectivity index (χ1v) is 17.8. The fraction of sp³-hybridized carbons (Fsp3) is 0.257. The second-order valence-electron chi connectivity index (χ2n) is 11.1. The van der Waals surface area contributed by atoms with Gasteiger partial charge < -0.3 is 10.2 Å². The molecule has 0 aromatic heterocycles. The zero-order chi connectivity index (χ0) is 33.4. The van der Waals surface area contributed by atoms with Gasteiger partial charge in [-0.1, -0.05) is 106 Å². The second kappa shape index (κ2) is 16.0. The normalized spacial score (nSPS) is 12.7. The van der Waals surface area contributed by atoms with Crippen LogP contribution in [-0.4, -0.2) is 43.8 Å². The number of anilines is 1. The Hall–Kier alpha value is -3.37. The first kappa shape index (κ1) is 35.5. The highest BCUT2D eigenvalue weighted by atomic mass is 79.9. The fourth-order valence-electron chi connectivity index (χ4n) is 4.83. The number of halogens is 3. The van der Waals surface area contributed by atoms with Gasteiger partial charge >= 0.3 is 0 Å². The summed E-state index contributed by atoms with van der Waals surface area (Å²) >= 11 is 16.1. The standard InChI is InChI=1S/C35H36BrCl2N3O4S/c1-4-25(3)39-35(43)33(18-26-8-6-5-7-9-26)40(22-27-12-14-28(36)15-13-27)34(42)23-41(31-20-29(37)19-30(38)21-31)46(44,45)32-16-10-24(2)11-17-32/h5-17,19-21,25,33H,4,18,22-23H2,1-3H3,(H,39,43)/t25-,33+/m1/s1. The highest BCUT2D eigenvalue weighted by molar-refractivity contribution is 9.10. The number of benzene rings is 4. The van der Waals surface area contributed by atoms with Gasteiger partial charge in [0.2, 0.25) is 11.8 Å². The molecule has 0 fully saturated rings. The third-order valence-corrected chi connectivity index (χ3v) is 10.3. The number of amides is 2. The molecule has 7 nitrogen and oxygen atoms in total. The maximum atomic E-state index is 14.6. The number of nitrogens with one attached hydrogen (secondary N) is 1. The van der Waals surface area contributed by atoms with Crippen molar-refractivity contribution in [2.24, 2.45) is 0 Å². The van der Waals surface area contributed by atoms with E-state index in [4.69, 9.17) is 23.2 Å². The van der Waals surface area contributed by atoms with Gasteiger partial charge in [-0.15, -0.1) is 0 Å². The molecule has 0 aliphatic heterocycles. The molecular formula is C35H36BrCl2N3O4S. The summed E-state index contributed by atoms with van der Waals surface area (Å²) in [7, 11) is -4.28. The van der Waals surface area contributed by atoms with Crippen LogP contribution in [0.15, 0.2) is 106 Å². The van der Waals surface area contributed by atoms with E-state index in [-0.39, 0.29) is 45.5 Å². The molecule has 1 N–H and O–H groups in total. The summed E-state index contributed by atoms with van der Waals surface area (Å²) in [5, 5.41) is 3.45. The topological polar surface area (TPSA) is 86.8 Å². The lowest BCUT2D eigenvalue weighted by molar-refractivity contribution is -0.140. The summed E-state index contributed by atoms with van der Waals surface area (Å²) in [6.07, 6.45) is 0.918. The van der Waals surface area contributed by atoms with Gasteiger partial charge in [0.25, 0.3) is 10.0 Å². The number of hydrogen-bond acceptors (Lipinski definition) is 4. The lowest BCUT2D eigenvalue weighted by Gasteiger charge is -2.34. The van der Waals surface area contributed by atoms with Crippen molar-refractivity contribution in [2.75, 3.05) is 10.8 Å². The maximum Gasteiger partial charge on any atom is 0.264 e. The van der Waals surface area contributed by atoms with Crippen LogP contribution in [0.3, 0.4) is 0 Å². The van der Waals surface area contributed by atoms with Gasteiger partial charge in [-0.2, -0.15) is 0 Å². The van der Waals surface area contributed by atoms with Crippen LogP contribution in [0.4, 0.5) is 5.69 Å². The second-order valence-corrected chi connectivity index (χ2v) is 14.8. The molecule has 0 saturated carbocycles. The molecule has 0 aliphatic carbocycles. The lowest BCUT2D eigenvalue weighted by Crippen LogP contribution is -2.54. The molecule has 2 amide bonds. The first-order valence-electron chi connectivity index (χ1n) is 14.8. The van der Waals surface area contributed by atoms with Crippen molar-refractivity contribution >= 4 is 66.7 Å². The van der Waals surface area contributed by atoms with E-state index in [9.17, 15) is 18.0 Å². The zero-order valence-electron chi connectivity index (χ0n) is 25.8. The Balaban J connectivity index is 1.83. The summed E-state index contributed by atoms with van der Waals surface area (Å²) in [6.45, 7) is 5.17. The van der Waals surface area contributed by atoms with E-state index in [1.807, 2.05) is 75.4 Å². The predicted octanol–water partition coefficient (Wildman–Crippen LogP) is 7.81. The van der Waals surface area contributed by atoms with Crippen molar-refractivity contribution in [3.8, 4) is 0 Å². The molecule has 242 valence electrons. The molecular weight excluding hydrogens is 709 g/mol. The summed E-state index contributed by atoms with van der Waals surface area (Å²) in [4.78, 5) is 29.9. The van der Waals surface area contributed by atoms with Crippen molar-refractivity contribution in [3.05, 3.63) is 128 Å². The summed E-state index contributed by atoms with van der Waals surface area (Å²) in [5.74, 6) is -0.905.